The Labute approximate surface area is 174 Å². The Morgan fingerprint density at radius 2 is 1.76 bits per heavy atom. The lowest BCUT2D eigenvalue weighted by atomic mass is 10.1. The average Bonchev–Trinajstić information content (AvgIpc) is 3.15. The summed E-state index contributed by atoms with van der Waals surface area (Å²) in [6, 6.07) is 16.3. The summed E-state index contributed by atoms with van der Waals surface area (Å²) >= 11 is 6.49. The third kappa shape index (κ3) is 4.30. The summed E-state index contributed by atoms with van der Waals surface area (Å²) in [6.45, 7) is 3.95. The highest BCUT2D eigenvalue weighted by Gasteiger charge is 2.09. The number of benzene rings is 2. The van der Waals surface area contributed by atoms with E-state index in [1.54, 1.807) is 18.5 Å². The fraction of sp³-hybridized carbons (Fsp3) is 0.130. The van der Waals surface area contributed by atoms with Crippen LogP contribution in [0, 0.1) is 12.7 Å². The van der Waals surface area contributed by atoms with E-state index < -0.39 is 0 Å². The smallest absolute Gasteiger partial charge is 0.126 e. The summed E-state index contributed by atoms with van der Waals surface area (Å²) in [7, 11) is 0. The fourth-order valence-corrected chi connectivity index (χ4v) is 3.43. The molecule has 0 saturated carbocycles. The number of hydrogen-bond acceptors (Lipinski definition) is 3. The minimum absolute atomic E-state index is 0.0151. The van der Waals surface area contributed by atoms with Crippen molar-refractivity contribution in [2.24, 2.45) is 0 Å². The topological polar surface area (TPSA) is 42.7 Å². The van der Waals surface area contributed by atoms with Gasteiger partial charge in [0.05, 0.1) is 22.7 Å². The van der Waals surface area contributed by atoms with Gasteiger partial charge < -0.3 is 9.88 Å². The third-order valence-electron chi connectivity index (χ3n) is 4.77. The van der Waals surface area contributed by atoms with Gasteiger partial charge in [0.2, 0.25) is 0 Å². The van der Waals surface area contributed by atoms with E-state index in [1.165, 1.54) is 12.1 Å². The highest BCUT2D eigenvalue weighted by atomic mass is 35.5. The fourth-order valence-electron chi connectivity index (χ4n) is 3.16. The molecule has 2 heterocycles. The first-order valence-corrected chi connectivity index (χ1v) is 9.66. The molecule has 6 heteroatoms. The maximum atomic E-state index is 13.1. The van der Waals surface area contributed by atoms with E-state index >= 15 is 0 Å². The van der Waals surface area contributed by atoms with Gasteiger partial charge in [0, 0.05) is 24.0 Å². The van der Waals surface area contributed by atoms with Gasteiger partial charge in [-0.2, -0.15) is 0 Å². The number of nitrogens with zero attached hydrogens (tertiary/aromatic N) is 3. The number of hydrogen-bond donors (Lipinski definition) is 1. The molecule has 0 spiro atoms. The van der Waals surface area contributed by atoms with Gasteiger partial charge in [0.25, 0.3) is 0 Å². The molecule has 0 radical (unpaired) electrons. The number of aromatic nitrogens is 3. The molecule has 146 valence electrons. The molecule has 29 heavy (non-hydrogen) atoms. The molecule has 4 rings (SSSR count). The molecule has 0 aliphatic carbocycles. The standard InChI is InChI=1S/C23H20ClFN4/c1-15-13-29(14-27-15)22-9-5-18(11-21(22)24)19-6-10-23(26-12-19)28-16(2)17-3-7-20(25)8-4-17/h3-14,16H,1-2H3,(H,26,28)/t16-/m0/s1. The first-order valence-electron chi connectivity index (χ1n) is 9.28. The van der Waals surface area contributed by atoms with Crippen molar-refractivity contribution in [2.45, 2.75) is 19.9 Å². The van der Waals surface area contributed by atoms with Crippen molar-refractivity contribution in [1.82, 2.24) is 14.5 Å². The Hall–Kier alpha value is -3.18. The van der Waals surface area contributed by atoms with Crippen molar-refractivity contribution >= 4 is 17.4 Å². The van der Waals surface area contributed by atoms with E-state index in [0.29, 0.717) is 5.02 Å². The van der Waals surface area contributed by atoms with Crippen LogP contribution in [0.1, 0.15) is 24.2 Å². The van der Waals surface area contributed by atoms with Crippen LogP contribution in [0.25, 0.3) is 16.8 Å². The first-order chi connectivity index (χ1) is 14.0. The van der Waals surface area contributed by atoms with E-state index in [9.17, 15) is 4.39 Å². The van der Waals surface area contributed by atoms with Crippen LogP contribution in [0.15, 0.2) is 73.3 Å². The van der Waals surface area contributed by atoms with Gasteiger partial charge in [0.15, 0.2) is 0 Å². The van der Waals surface area contributed by atoms with E-state index in [4.69, 9.17) is 11.6 Å². The van der Waals surface area contributed by atoms with Crippen LogP contribution in [0.4, 0.5) is 10.2 Å². The molecule has 0 amide bonds. The second kappa shape index (κ2) is 8.05. The van der Waals surface area contributed by atoms with Crippen LogP contribution < -0.4 is 5.32 Å². The number of anilines is 1. The lowest BCUT2D eigenvalue weighted by Crippen LogP contribution is -2.07. The summed E-state index contributed by atoms with van der Waals surface area (Å²) < 4.78 is 15.0. The average molecular weight is 407 g/mol. The van der Waals surface area contributed by atoms with Gasteiger partial charge in [-0.25, -0.2) is 14.4 Å². The lowest BCUT2D eigenvalue weighted by molar-refractivity contribution is 0.626. The molecule has 2 aromatic heterocycles. The van der Waals surface area contributed by atoms with E-state index in [0.717, 1.165) is 33.9 Å². The molecular weight excluding hydrogens is 387 g/mol. The Morgan fingerprint density at radius 3 is 2.38 bits per heavy atom. The zero-order valence-electron chi connectivity index (χ0n) is 16.1. The van der Waals surface area contributed by atoms with Crippen molar-refractivity contribution in [3.8, 4) is 16.8 Å². The largest absolute Gasteiger partial charge is 0.364 e. The van der Waals surface area contributed by atoms with E-state index in [2.05, 4.69) is 15.3 Å². The summed E-state index contributed by atoms with van der Waals surface area (Å²) in [5, 5.41) is 3.98. The number of halogens is 2. The molecule has 0 unspecified atom stereocenters. The second-order valence-electron chi connectivity index (χ2n) is 6.94. The van der Waals surface area contributed by atoms with E-state index in [-0.39, 0.29) is 11.9 Å². The van der Waals surface area contributed by atoms with Crippen LogP contribution in [0.3, 0.4) is 0 Å². The number of nitrogens with one attached hydrogen (secondary N) is 1. The van der Waals surface area contributed by atoms with Gasteiger partial charge in [-0.05, 0) is 61.4 Å². The number of aryl methyl sites for hydroxylation is 1. The zero-order chi connectivity index (χ0) is 20.4. The van der Waals surface area contributed by atoms with Crippen molar-refractivity contribution in [1.29, 1.82) is 0 Å². The molecule has 1 N–H and O–H groups in total. The molecular formula is C23H20ClFN4. The molecule has 0 fully saturated rings. The predicted octanol–water partition coefficient (Wildman–Crippen LogP) is 6.21. The van der Waals surface area contributed by atoms with Crippen molar-refractivity contribution in [2.75, 3.05) is 5.32 Å². The lowest BCUT2D eigenvalue weighted by Gasteiger charge is -2.15. The quantitative estimate of drug-likeness (QED) is 0.428. The Bertz CT molecular complexity index is 1120. The Morgan fingerprint density at radius 1 is 1.00 bits per heavy atom. The molecule has 4 aromatic rings. The number of imidazole rings is 1. The summed E-state index contributed by atoms with van der Waals surface area (Å²) in [5.41, 5.74) is 4.78. The molecule has 0 aliphatic rings. The Kier molecular flexibility index (Phi) is 5.32. The highest BCUT2D eigenvalue weighted by Crippen LogP contribution is 2.28. The molecule has 0 saturated heterocycles. The predicted molar refractivity (Wildman–Crippen MR) is 115 cm³/mol. The molecule has 0 aliphatic heterocycles. The summed E-state index contributed by atoms with van der Waals surface area (Å²) in [5.74, 6) is 0.512. The van der Waals surface area contributed by atoms with Gasteiger partial charge >= 0.3 is 0 Å². The van der Waals surface area contributed by atoms with Gasteiger partial charge in [-0.15, -0.1) is 0 Å². The maximum absolute atomic E-state index is 13.1. The van der Waals surface area contributed by atoms with Crippen molar-refractivity contribution < 1.29 is 4.39 Å². The number of pyridine rings is 1. The highest BCUT2D eigenvalue weighted by molar-refractivity contribution is 6.32. The first kappa shape index (κ1) is 19.2. The normalized spacial score (nSPS) is 12.0. The molecule has 1 atom stereocenters. The van der Waals surface area contributed by atoms with E-state index in [1.807, 2.05) is 61.1 Å². The minimum atomic E-state index is -0.240. The van der Waals surface area contributed by atoms with Crippen LogP contribution >= 0.6 is 11.6 Å². The molecule has 2 aromatic carbocycles. The number of rotatable bonds is 5. The monoisotopic (exact) mass is 406 g/mol. The minimum Gasteiger partial charge on any atom is -0.364 e. The summed E-state index contributed by atoms with van der Waals surface area (Å²) in [4.78, 5) is 8.75. The van der Waals surface area contributed by atoms with Crippen LogP contribution in [0.5, 0.6) is 0 Å². The maximum Gasteiger partial charge on any atom is 0.126 e. The van der Waals surface area contributed by atoms with Crippen LogP contribution in [-0.4, -0.2) is 14.5 Å². The zero-order valence-corrected chi connectivity index (χ0v) is 16.9. The SMILES string of the molecule is Cc1cn(-c2ccc(-c3ccc(N[C@@H](C)c4ccc(F)cc4)nc3)cc2Cl)cn1. The Balaban J connectivity index is 1.50. The van der Waals surface area contributed by atoms with Gasteiger partial charge in [-0.1, -0.05) is 29.8 Å². The van der Waals surface area contributed by atoms with Crippen molar-refractivity contribution in [3.63, 3.8) is 0 Å². The second-order valence-corrected chi connectivity index (χ2v) is 7.35. The van der Waals surface area contributed by atoms with Gasteiger partial charge in [0.1, 0.15) is 11.6 Å². The van der Waals surface area contributed by atoms with Crippen molar-refractivity contribution in [3.05, 3.63) is 95.4 Å². The molecule has 4 nitrogen and oxygen atoms in total. The molecule has 0 bridgehead atoms. The van der Waals surface area contributed by atoms with Crippen LogP contribution in [-0.2, 0) is 0 Å². The summed E-state index contributed by atoms with van der Waals surface area (Å²) in [6.07, 6.45) is 5.50. The van der Waals surface area contributed by atoms with Crippen LogP contribution in [0.2, 0.25) is 5.02 Å². The third-order valence-corrected chi connectivity index (χ3v) is 5.07. The van der Waals surface area contributed by atoms with Gasteiger partial charge in [-0.3, -0.25) is 0 Å².